The number of esters is 1. The van der Waals surface area contributed by atoms with E-state index in [0.717, 1.165) is 30.1 Å². The zero-order chi connectivity index (χ0) is 24.8. The van der Waals surface area contributed by atoms with E-state index in [-0.39, 0.29) is 16.0 Å². The van der Waals surface area contributed by atoms with Gasteiger partial charge in [-0.15, -0.1) is 0 Å². The van der Waals surface area contributed by atoms with Crippen molar-refractivity contribution in [2.75, 3.05) is 0 Å². The predicted molar refractivity (Wildman–Crippen MR) is 134 cm³/mol. The Morgan fingerprint density at radius 1 is 1.06 bits per heavy atom. The van der Waals surface area contributed by atoms with E-state index < -0.39 is 5.97 Å². The highest BCUT2D eigenvalue weighted by Crippen LogP contribution is 2.68. The van der Waals surface area contributed by atoms with Crippen LogP contribution in [-0.4, -0.2) is 10.9 Å². The fourth-order valence-electron chi connectivity index (χ4n) is 9.41. The van der Waals surface area contributed by atoms with Crippen molar-refractivity contribution in [1.82, 2.24) is 0 Å². The normalized spacial score (nSPS) is 40.4. The fraction of sp³-hybridized carbons (Fsp3) is 0.897. The zero-order valence-corrected chi connectivity index (χ0v) is 22.4. The molecule has 0 aromatic carbocycles. The summed E-state index contributed by atoms with van der Waals surface area (Å²) in [5.41, 5.74) is 0.532. The van der Waals surface area contributed by atoms with Crippen LogP contribution in [0.25, 0.3) is 0 Å². The summed E-state index contributed by atoms with van der Waals surface area (Å²) in [6.07, 6.45) is 12.6. The van der Waals surface area contributed by atoms with E-state index >= 15 is 0 Å². The summed E-state index contributed by atoms with van der Waals surface area (Å²) in [5, 5.41) is 12.0. The lowest BCUT2D eigenvalue weighted by atomic mass is 9.44. The molecule has 0 aromatic rings. The molecule has 5 nitrogen and oxygen atoms in total. The highest BCUT2D eigenvalue weighted by Gasteiger charge is 2.61. The minimum Gasteiger partial charge on any atom is -0.424 e. The second-order valence-corrected chi connectivity index (χ2v) is 13.3. The summed E-state index contributed by atoms with van der Waals surface area (Å²) in [4.78, 5) is 23.3. The molecule has 0 saturated heterocycles. The van der Waals surface area contributed by atoms with Crippen LogP contribution < -0.4 is 0 Å². The van der Waals surface area contributed by atoms with Crippen molar-refractivity contribution >= 4 is 5.97 Å². The van der Waals surface area contributed by atoms with Gasteiger partial charge in [0.1, 0.15) is 0 Å². The number of ether oxygens (including phenoxy) is 1. The molecule has 0 spiro atoms. The summed E-state index contributed by atoms with van der Waals surface area (Å²) in [7, 11) is 0. The number of carbonyl (C=O) groups is 1. The largest absolute Gasteiger partial charge is 0.424 e. The Morgan fingerprint density at radius 3 is 2.41 bits per heavy atom. The molecule has 0 radical (unpaired) electrons. The van der Waals surface area contributed by atoms with Gasteiger partial charge in [0.2, 0.25) is 0 Å². The first-order chi connectivity index (χ1) is 16.0. The van der Waals surface area contributed by atoms with Crippen LogP contribution in [0.3, 0.4) is 0 Å². The van der Waals surface area contributed by atoms with E-state index in [1.54, 1.807) is 0 Å². The monoisotopic (exact) mass is 473 g/mol. The molecule has 0 heterocycles. The SMILES string of the molecule is CC(=O)OC1=C([N+](=O)[O-])C[C@@]2(C)[C@@H](CC[C@H]3[C@H]2CC[C@@]2(C)[C@H]3CC[C@H]2[C@@H](C)CCCC(C)C)C1. The number of hydrogen-bond acceptors (Lipinski definition) is 4. The molecule has 0 bridgehead atoms. The molecular weight excluding hydrogens is 426 g/mol. The molecule has 0 amide bonds. The van der Waals surface area contributed by atoms with Gasteiger partial charge in [-0.3, -0.25) is 14.9 Å². The van der Waals surface area contributed by atoms with Crippen LogP contribution >= 0.6 is 0 Å². The van der Waals surface area contributed by atoms with Crippen LogP contribution in [0.4, 0.5) is 0 Å². The Hall–Kier alpha value is -1.39. The van der Waals surface area contributed by atoms with Crippen LogP contribution in [0.2, 0.25) is 0 Å². The first-order valence-corrected chi connectivity index (χ1v) is 14.0. The molecule has 0 unspecified atom stereocenters. The van der Waals surface area contributed by atoms with Crippen molar-refractivity contribution in [2.24, 2.45) is 52.3 Å². The number of fused-ring (bicyclic) bond motifs is 5. The van der Waals surface area contributed by atoms with Crippen LogP contribution in [0.5, 0.6) is 0 Å². The van der Waals surface area contributed by atoms with Crippen molar-refractivity contribution in [3.8, 4) is 0 Å². The van der Waals surface area contributed by atoms with Gasteiger partial charge >= 0.3 is 5.97 Å². The summed E-state index contributed by atoms with van der Waals surface area (Å²) >= 11 is 0. The van der Waals surface area contributed by atoms with Crippen LogP contribution in [0, 0.1) is 62.4 Å². The van der Waals surface area contributed by atoms with E-state index in [1.807, 2.05) is 0 Å². The van der Waals surface area contributed by atoms with Gasteiger partial charge in [0.15, 0.2) is 5.76 Å². The Labute approximate surface area is 206 Å². The Morgan fingerprint density at radius 2 is 1.76 bits per heavy atom. The van der Waals surface area contributed by atoms with Gasteiger partial charge in [-0.2, -0.15) is 0 Å². The lowest BCUT2D eigenvalue weighted by Crippen LogP contribution is -2.53. The molecule has 3 saturated carbocycles. The molecule has 4 rings (SSSR count). The zero-order valence-electron chi connectivity index (χ0n) is 22.4. The minimum absolute atomic E-state index is 0.0583. The molecule has 5 heteroatoms. The van der Waals surface area contributed by atoms with Gasteiger partial charge < -0.3 is 4.74 Å². The second-order valence-electron chi connectivity index (χ2n) is 13.3. The van der Waals surface area contributed by atoms with Gasteiger partial charge in [-0.1, -0.05) is 53.9 Å². The lowest BCUT2D eigenvalue weighted by Gasteiger charge is -2.60. The van der Waals surface area contributed by atoms with E-state index in [4.69, 9.17) is 4.74 Å². The second kappa shape index (κ2) is 9.58. The molecule has 4 aliphatic carbocycles. The van der Waals surface area contributed by atoms with Crippen molar-refractivity contribution in [3.63, 3.8) is 0 Å². The number of nitrogens with zero attached hydrogens (tertiary/aromatic N) is 1. The van der Waals surface area contributed by atoms with Crippen LogP contribution in [-0.2, 0) is 9.53 Å². The highest BCUT2D eigenvalue weighted by molar-refractivity contribution is 5.67. The topological polar surface area (TPSA) is 69.4 Å². The number of allylic oxidation sites excluding steroid dienone is 2. The third-order valence-corrected chi connectivity index (χ3v) is 11.1. The first-order valence-electron chi connectivity index (χ1n) is 14.0. The molecule has 192 valence electrons. The van der Waals surface area contributed by atoms with Gasteiger partial charge in [0.05, 0.1) is 4.92 Å². The average Bonchev–Trinajstić information content (AvgIpc) is 3.10. The number of carbonyl (C=O) groups excluding carboxylic acids is 1. The third-order valence-electron chi connectivity index (χ3n) is 11.1. The van der Waals surface area contributed by atoms with Crippen molar-refractivity contribution in [3.05, 3.63) is 21.6 Å². The molecular formula is C29H47NO4. The number of rotatable bonds is 7. The van der Waals surface area contributed by atoms with E-state index in [1.165, 1.54) is 58.3 Å². The molecule has 0 N–H and O–H groups in total. The summed E-state index contributed by atoms with van der Waals surface area (Å²) in [6.45, 7) is 13.4. The lowest BCUT2D eigenvalue weighted by molar-refractivity contribution is -0.436. The fourth-order valence-corrected chi connectivity index (χ4v) is 9.41. The molecule has 8 atom stereocenters. The van der Waals surface area contributed by atoms with Crippen molar-refractivity contribution in [1.29, 1.82) is 0 Å². The highest BCUT2D eigenvalue weighted by atomic mass is 16.6. The van der Waals surface area contributed by atoms with E-state index in [0.29, 0.717) is 41.8 Å². The Balaban J connectivity index is 1.53. The molecule has 4 aliphatic rings. The first kappa shape index (κ1) is 25.7. The quantitative estimate of drug-likeness (QED) is 0.215. The van der Waals surface area contributed by atoms with E-state index in [9.17, 15) is 14.9 Å². The maximum atomic E-state index is 12.0. The Bertz CT molecular complexity index is 834. The smallest absolute Gasteiger partial charge is 0.307 e. The van der Waals surface area contributed by atoms with Crippen molar-refractivity contribution in [2.45, 2.75) is 112 Å². The Kier molecular flexibility index (Phi) is 7.24. The summed E-state index contributed by atoms with van der Waals surface area (Å²) in [5.74, 6) is 4.68. The summed E-state index contributed by atoms with van der Waals surface area (Å²) < 4.78 is 5.37. The van der Waals surface area contributed by atoms with Gasteiger partial charge in [-0.05, 0) is 90.8 Å². The minimum atomic E-state index is -0.445. The molecule has 0 aliphatic heterocycles. The standard InChI is InChI=1S/C29H47NO4/c1-18(2)8-7-9-19(3)23-12-13-24-22-11-10-21-16-27(34-20(4)31)26(30(32)33)17-29(21,6)25(22)14-15-28(23,24)5/h18-19,21-25H,7-17H2,1-6H3/t19-,21-,22+,23-,24-,25+,28+,29-/m0/s1. The molecule has 0 aromatic heterocycles. The van der Waals surface area contributed by atoms with Gasteiger partial charge in [0.25, 0.3) is 5.70 Å². The van der Waals surface area contributed by atoms with Crippen LogP contribution in [0.15, 0.2) is 11.5 Å². The number of hydrogen-bond donors (Lipinski definition) is 0. The third kappa shape index (κ3) is 4.46. The predicted octanol–water partition coefficient (Wildman–Crippen LogP) is 7.77. The number of nitro groups is 1. The molecule has 3 fully saturated rings. The van der Waals surface area contributed by atoms with Crippen LogP contribution in [0.1, 0.15) is 112 Å². The van der Waals surface area contributed by atoms with Gasteiger partial charge in [-0.25, -0.2) is 0 Å². The van der Waals surface area contributed by atoms with E-state index in [2.05, 4.69) is 34.6 Å². The maximum Gasteiger partial charge on any atom is 0.307 e. The molecule has 34 heavy (non-hydrogen) atoms. The average molecular weight is 474 g/mol. The van der Waals surface area contributed by atoms with Crippen molar-refractivity contribution < 1.29 is 14.5 Å². The summed E-state index contributed by atoms with van der Waals surface area (Å²) in [6, 6.07) is 0. The van der Waals surface area contributed by atoms with Gasteiger partial charge in [0, 0.05) is 19.8 Å². The maximum absolute atomic E-state index is 12.0.